The molecule has 0 heterocycles. The van der Waals surface area contributed by atoms with Gasteiger partial charge in [0, 0.05) is 5.69 Å². The van der Waals surface area contributed by atoms with Crippen molar-refractivity contribution >= 4 is 17.6 Å². The average Bonchev–Trinajstić information content (AvgIpc) is 2.25. The highest BCUT2D eigenvalue weighted by molar-refractivity contribution is 6.01. The Morgan fingerprint density at radius 3 is 2.32 bits per heavy atom. The lowest BCUT2D eigenvalue weighted by atomic mass is 9.97. The zero-order valence-corrected chi connectivity index (χ0v) is 11.6. The van der Waals surface area contributed by atoms with Crippen LogP contribution in [0.15, 0.2) is 12.1 Å². The number of anilines is 1. The van der Waals surface area contributed by atoms with Gasteiger partial charge in [0.25, 0.3) is 0 Å². The van der Waals surface area contributed by atoms with Gasteiger partial charge in [0.1, 0.15) is 5.60 Å². The third-order valence-corrected chi connectivity index (χ3v) is 2.53. The van der Waals surface area contributed by atoms with Crippen LogP contribution in [0.3, 0.4) is 0 Å². The molecular formula is C14H19NO4. The SMILES string of the molecule is CCc1c(C(=O)O)ccc(N)c1C(=O)OC(C)(C)C. The number of aromatic carboxylic acids is 1. The van der Waals surface area contributed by atoms with E-state index in [0.717, 1.165) is 0 Å². The van der Waals surface area contributed by atoms with Crippen molar-refractivity contribution in [1.82, 2.24) is 0 Å². The van der Waals surface area contributed by atoms with E-state index < -0.39 is 17.5 Å². The summed E-state index contributed by atoms with van der Waals surface area (Å²) in [4.78, 5) is 23.3. The van der Waals surface area contributed by atoms with Gasteiger partial charge in [0.05, 0.1) is 11.1 Å². The molecule has 1 aromatic carbocycles. The van der Waals surface area contributed by atoms with Gasteiger partial charge in [-0.05, 0) is 44.9 Å². The van der Waals surface area contributed by atoms with Gasteiger partial charge in [-0.3, -0.25) is 0 Å². The summed E-state index contributed by atoms with van der Waals surface area (Å²) < 4.78 is 5.27. The quantitative estimate of drug-likeness (QED) is 0.647. The van der Waals surface area contributed by atoms with Gasteiger partial charge < -0.3 is 15.6 Å². The summed E-state index contributed by atoms with van der Waals surface area (Å²) >= 11 is 0. The van der Waals surface area contributed by atoms with Crippen LogP contribution in [0.25, 0.3) is 0 Å². The topological polar surface area (TPSA) is 89.6 Å². The number of nitrogen functional groups attached to an aromatic ring is 1. The number of carbonyl (C=O) groups is 2. The monoisotopic (exact) mass is 265 g/mol. The fourth-order valence-corrected chi connectivity index (χ4v) is 1.80. The van der Waals surface area contributed by atoms with Crippen molar-refractivity contribution in [2.24, 2.45) is 0 Å². The summed E-state index contributed by atoms with van der Waals surface area (Å²) in [5.41, 5.74) is 6.00. The van der Waals surface area contributed by atoms with Crippen LogP contribution >= 0.6 is 0 Å². The normalized spacial score (nSPS) is 11.2. The Hall–Kier alpha value is -2.04. The number of carbonyl (C=O) groups excluding carboxylic acids is 1. The zero-order chi connectivity index (χ0) is 14.8. The number of hydrogen-bond acceptors (Lipinski definition) is 4. The summed E-state index contributed by atoms with van der Waals surface area (Å²) in [6.45, 7) is 7.00. The second-order valence-corrected chi connectivity index (χ2v) is 5.22. The Labute approximate surface area is 112 Å². The molecule has 1 rings (SSSR count). The van der Waals surface area contributed by atoms with Crippen LogP contribution in [0.5, 0.6) is 0 Å². The van der Waals surface area contributed by atoms with E-state index in [1.54, 1.807) is 27.7 Å². The fraction of sp³-hybridized carbons (Fsp3) is 0.429. The predicted octanol–water partition coefficient (Wildman–Crippen LogP) is 2.48. The molecule has 0 aliphatic carbocycles. The van der Waals surface area contributed by atoms with Gasteiger partial charge in [-0.2, -0.15) is 0 Å². The molecule has 0 fully saturated rings. The van der Waals surface area contributed by atoms with E-state index in [4.69, 9.17) is 15.6 Å². The van der Waals surface area contributed by atoms with Gasteiger partial charge in [0.15, 0.2) is 0 Å². The van der Waals surface area contributed by atoms with Crippen LogP contribution in [-0.2, 0) is 11.2 Å². The maximum atomic E-state index is 12.1. The largest absolute Gasteiger partial charge is 0.478 e. The van der Waals surface area contributed by atoms with Gasteiger partial charge in [0.2, 0.25) is 0 Å². The smallest absolute Gasteiger partial charge is 0.341 e. The number of benzene rings is 1. The zero-order valence-electron chi connectivity index (χ0n) is 11.6. The summed E-state index contributed by atoms with van der Waals surface area (Å²) in [7, 11) is 0. The molecule has 0 unspecified atom stereocenters. The molecule has 3 N–H and O–H groups in total. The van der Waals surface area contributed by atoms with Gasteiger partial charge in [-0.25, -0.2) is 9.59 Å². The maximum absolute atomic E-state index is 12.1. The predicted molar refractivity (Wildman–Crippen MR) is 72.4 cm³/mol. The van der Waals surface area contributed by atoms with Crippen LogP contribution in [-0.4, -0.2) is 22.6 Å². The minimum absolute atomic E-state index is 0.0811. The first-order valence-electron chi connectivity index (χ1n) is 6.05. The summed E-state index contributed by atoms with van der Waals surface area (Å²) in [6, 6.07) is 2.83. The molecule has 104 valence electrons. The molecule has 0 aliphatic rings. The lowest BCUT2D eigenvalue weighted by Gasteiger charge is -2.21. The fourth-order valence-electron chi connectivity index (χ4n) is 1.80. The van der Waals surface area contributed by atoms with E-state index in [-0.39, 0.29) is 16.8 Å². The Morgan fingerprint density at radius 1 is 1.32 bits per heavy atom. The maximum Gasteiger partial charge on any atom is 0.341 e. The second kappa shape index (κ2) is 5.30. The lowest BCUT2D eigenvalue weighted by molar-refractivity contribution is 0.00697. The minimum atomic E-state index is -1.08. The molecule has 0 saturated carbocycles. The first-order chi connectivity index (χ1) is 8.67. The number of hydrogen-bond donors (Lipinski definition) is 2. The Kier molecular flexibility index (Phi) is 4.19. The first-order valence-corrected chi connectivity index (χ1v) is 6.05. The summed E-state index contributed by atoms with van der Waals surface area (Å²) in [5.74, 6) is -1.67. The number of rotatable bonds is 3. The van der Waals surface area contributed by atoms with E-state index >= 15 is 0 Å². The van der Waals surface area contributed by atoms with Crippen LogP contribution < -0.4 is 5.73 Å². The molecule has 0 radical (unpaired) electrons. The van der Waals surface area contributed by atoms with Gasteiger partial charge >= 0.3 is 11.9 Å². The van der Waals surface area contributed by atoms with E-state index in [0.29, 0.717) is 12.0 Å². The van der Waals surface area contributed by atoms with Crippen molar-refractivity contribution in [3.05, 3.63) is 28.8 Å². The number of nitrogens with two attached hydrogens (primary N) is 1. The van der Waals surface area contributed by atoms with Crippen LogP contribution in [0.4, 0.5) is 5.69 Å². The average molecular weight is 265 g/mol. The first kappa shape index (κ1) is 15.0. The van der Waals surface area contributed by atoms with E-state index in [2.05, 4.69) is 0 Å². The van der Waals surface area contributed by atoms with Crippen molar-refractivity contribution in [3.63, 3.8) is 0 Å². The molecule has 0 aliphatic heterocycles. The molecule has 0 amide bonds. The van der Waals surface area contributed by atoms with Gasteiger partial charge in [-0.1, -0.05) is 6.92 Å². The van der Waals surface area contributed by atoms with Crippen molar-refractivity contribution in [3.8, 4) is 0 Å². The molecule has 1 aromatic rings. The third-order valence-electron chi connectivity index (χ3n) is 2.53. The van der Waals surface area contributed by atoms with Crippen LogP contribution in [0, 0.1) is 0 Å². The number of carboxylic acid groups (broad SMARTS) is 1. The molecule has 5 heteroatoms. The Morgan fingerprint density at radius 2 is 1.89 bits per heavy atom. The van der Waals surface area contributed by atoms with Crippen molar-refractivity contribution < 1.29 is 19.4 Å². The number of esters is 1. The number of carboxylic acids is 1. The number of ether oxygens (including phenoxy) is 1. The van der Waals surface area contributed by atoms with Crippen molar-refractivity contribution in [2.45, 2.75) is 39.7 Å². The highest BCUT2D eigenvalue weighted by atomic mass is 16.6. The Bertz CT molecular complexity index is 515. The van der Waals surface area contributed by atoms with E-state index in [1.165, 1.54) is 12.1 Å². The molecule has 0 aromatic heterocycles. The highest BCUT2D eigenvalue weighted by Gasteiger charge is 2.25. The van der Waals surface area contributed by atoms with E-state index in [9.17, 15) is 9.59 Å². The second-order valence-electron chi connectivity index (χ2n) is 5.22. The molecular weight excluding hydrogens is 246 g/mol. The molecule has 0 atom stereocenters. The molecule has 5 nitrogen and oxygen atoms in total. The summed E-state index contributed by atoms with van der Waals surface area (Å²) in [5, 5.41) is 9.13. The molecule has 0 spiro atoms. The lowest BCUT2D eigenvalue weighted by Crippen LogP contribution is -2.25. The molecule has 0 bridgehead atoms. The Balaban J connectivity index is 3.37. The molecule has 19 heavy (non-hydrogen) atoms. The van der Waals surface area contributed by atoms with Crippen LogP contribution in [0.2, 0.25) is 0 Å². The molecule has 0 saturated heterocycles. The minimum Gasteiger partial charge on any atom is -0.478 e. The van der Waals surface area contributed by atoms with E-state index in [1.807, 2.05) is 0 Å². The van der Waals surface area contributed by atoms with Crippen LogP contribution in [0.1, 0.15) is 54.0 Å². The van der Waals surface area contributed by atoms with Gasteiger partial charge in [-0.15, -0.1) is 0 Å². The van der Waals surface area contributed by atoms with Crippen molar-refractivity contribution in [2.75, 3.05) is 5.73 Å². The summed E-state index contributed by atoms with van der Waals surface area (Å²) in [6.07, 6.45) is 0.390. The highest BCUT2D eigenvalue weighted by Crippen LogP contribution is 2.25. The van der Waals surface area contributed by atoms with Crippen molar-refractivity contribution in [1.29, 1.82) is 0 Å². The third kappa shape index (κ3) is 3.47. The standard InChI is InChI=1S/C14H19NO4/c1-5-8-9(12(16)17)6-7-10(15)11(8)13(18)19-14(2,3)4/h6-7H,5,15H2,1-4H3,(H,16,17).